The fraction of sp³-hybridized carbons (Fsp3) is 0.800. The summed E-state index contributed by atoms with van der Waals surface area (Å²) in [7, 11) is -8.23. The zero-order valence-electron chi connectivity index (χ0n) is 38.0. The van der Waals surface area contributed by atoms with Crippen LogP contribution >= 0.6 is 0 Å². The number of hydrogen-bond donors (Lipinski definition) is 3. The number of aromatic nitrogens is 2. The van der Waals surface area contributed by atoms with E-state index in [9.17, 15) is 52.8 Å². The Morgan fingerprint density at radius 2 is 1.12 bits per heavy atom. The lowest BCUT2D eigenvalue weighted by atomic mass is 9.90. The van der Waals surface area contributed by atoms with Crippen LogP contribution in [0, 0.1) is 0 Å². The summed E-state index contributed by atoms with van der Waals surface area (Å²) in [6.45, 7) is 14.3. The minimum atomic E-state index is -4.46. The quantitative estimate of drug-likeness (QED) is 0.114. The number of hydrogen-bond acceptors (Lipinski definition) is 15. The summed E-state index contributed by atoms with van der Waals surface area (Å²) in [4.78, 5) is 23.2. The van der Waals surface area contributed by atoms with Crippen molar-refractivity contribution in [3.8, 4) is 0 Å². The van der Waals surface area contributed by atoms with Gasteiger partial charge in [0, 0.05) is 49.0 Å². The lowest BCUT2D eigenvalue weighted by Gasteiger charge is -2.28. The van der Waals surface area contributed by atoms with Gasteiger partial charge < -0.3 is 38.8 Å². The second kappa shape index (κ2) is 23.5. The van der Waals surface area contributed by atoms with Crippen molar-refractivity contribution in [3.63, 3.8) is 0 Å². The Labute approximate surface area is 376 Å². The lowest BCUT2D eigenvalue weighted by molar-refractivity contribution is -0.170. The summed E-state index contributed by atoms with van der Waals surface area (Å²) in [5.41, 5.74) is 6.01. The fourth-order valence-corrected chi connectivity index (χ4v) is 8.34. The van der Waals surface area contributed by atoms with Crippen molar-refractivity contribution in [3.05, 3.63) is 23.5 Å². The van der Waals surface area contributed by atoms with Crippen molar-refractivity contribution in [1.82, 2.24) is 10.3 Å². The molecule has 2 atom stereocenters. The Hall–Kier alpha value is -3.52. The maximum absolute atomic E-state index is 12.6. The average Bonchev–Trinajstić information content (AvgIpc) is 3.86. The Bertz CT molecular complexity index is 2020. The molecule has 25 heteroatoms. The molecule has 2 fully saturated rings. The maximum atomic E-state index is 12.6. The number of aliphatic carboxylic acids is 1. The molecule has 2 aromatic heterocycles. The highest BCUT2D eigenvalue weighted by atomic mass is 32.2. The topological polar surface area (TPSA) is 250 Å². The number of nitrogen functional groups attached to an aromatic ring is 1. The van der Waals surface area contributed by atoms with Crippen LogP contribution in [0.3, 0.4) is 0 Å². The summed E-state index contributed by atoms with van der Waals surface area (Å²) < 4.78 is 149. The number of sulfone groups is 2. The first-order valence-corrected chi connectivity index (χ1v) is 24.2. The summed E-state index contributed by atoms with van der Waals surface area (Å²) >= 11 is 0. The van der Waals surface area contributed by atoms with Crippen LogP contribution in [0.5, 0.6) is 0 Å². The van der Waals surface area contributed by atoms with Crippen molar-refractivity contribution in [1.29, 1.82) is 0 Å². The van der Waals surface area contributed by atoms with Crippen molar-refractivity contribution in [2.45, 2.75) is 165 Å². The van der Waals surface area contributed by atoms with Gasteiger partial charge in [-0.25, -0.2) is 16.8 Å². The molecule has 0 radical (unpaired) electrons. The monoisotopic (exact) mass is 986 g/mol. The van der Waals surface area contributed by atoms with Crippen LogP contribution in [0.1, 0.15) is 131 Å². The number of nitrogens with zero attached hydrogens (tertiary/aromatic N) is 2. The number of carbonyl (C=O) groups is 2. The van der Waals surface area contributed by atoms with Crippen molar-refractivity contribution in [2.24, 2.45) is 0 Å². The highest BCUT2D eigenvalue weighted by Crippen LogP contribution is 2.30. The molecule has 2 aliphatic heterocycles. The van der Waals surface area contributed by atoms with E-state index in [2.05, 4.69) is 15.6 Å². The number of rotatable bonds is 19. The predicted molar refractivity (Wildman–Crippen MR) is 225 cm³/mol. The Morgan fingerprint density at radius 1 is 0.708 bits per heavy atom. The molecule has 0 bridgehead atoms. The number of carboxylic acids is 1. The van der Waals surface area contributed by atoms with E-state index < -0.39 is 96.0 Å². The number of carbonyl (C=O) groups excluding carboxylic acids is 1. The third-order valence-electron chi connectivity index (χ3n) is 10.6. The molecule has 4 heterocycles. The van der Waals surface area contributed by atoms with Crippen LogP contribution in [0.2, 0.25) is 0 Å². The minimum Gasteiger partial charge on any atom is -0.480 e. The standard InChI is InChI=1S/C20H31F3N2O6S.C12H20N2O3.C8H13F3O4S/c1-18(2,13-30-16-8-5-6-10-29-16)14-12-15(31-25-14)24-17(26)19(3,4)32(27,28)11-7-9-20(21,22)23;1-12(2,9-7-10(13)17-14-9)8-16-11-5-3-4-6-15-11;1-7(2,6(12)13)16(14,15)5-3-4-8(9,10)11/h12,16H,5-11,13H2,1-4H3,(H,24,26);7,11H,3-6,8,13H2,1-2H3;3-5H2,1-2H3,(H,12,13). The molecular formula is C40H64F6N4O13S2. The van der Waals surface area contributed by atoms with Gasteiger partial charge in [0.2, 0.25) is 17.7 Å². The number of carboxylic acid groups (broad SMARTS) is 1. The van der Waals surface area contributed by atoms with Crippen LogP contribution in [0.15, 0.2) is 21.2 Å². The number of halogens is 6. The summed E-state index contributed by atoms with van der Waals surface area (Å²) in [6.07, 6.45) is -6.85. The van der Waals surface area contributed by atoms with E-state index in [-0.39, 0.29) is 30.5 Å². The van der Waals surface area contributed by atoms with Gasteiger partial charge in [0.1, 0.15) is 4.75 Å². The second-order valence-corrected chi connectivity index (χ2v) is 23.3. The molecule has 1 amide bonds. The Morgan fingerprint density at radius 3 is 1.49 bits per heavy atom. The minimum absolute atomic E-state index is 0.0643. The van der Waals surface area contributed by atoms with E-state index in [1.807, 2.05) is 27.7 Å². The molecule has 2 saturated heterocycles. The summed E-state index contributed by atoms with van der Waals surface area (Å²) in [5.74, 6) is -3.77. The van der Waals surface area contributed by atoms with Crippen LogP contribution in [-0.4, -0.2) is 116 Å². The third kappa shape index (κ3) is 18.9. The first-order chi connectivity index (χ1) is 29.6. The van der Waals surface area contributed by atoms with Crippen LogP contribution < -0.4 is 11.1 Å². The molecule has 2 aliphatic rings. The lowest BCUT2D eigenvalue weighted by Crippen LogP contribution is -2.45. The van der Waals surface area contributed by atoms with Gasteiger partial charge in [0.15, 0.2) is 37.0 Å². The molecule has 376 valence electrons. The number of ether oxygens (including phenoxy) is 4. The average molecular weight is 987 g/mol. The van der Waals surface area contributed by atoms with E-state index in [1.54, 1.807) is 6.07 Å². The van der Waals surface area contributed by atoms with Gasteiger partial charge in [-0.15, -0.1) is 0 Å². The summed E-state index contributed by atoms with van der Waals surface area (Å²) in [5, 5.41) is 18.9. The van der Waals surface area contributed by atoms with Gasteiger partial charge in [-0.05, 0) is 79.1 Å². The molecule has 0 aliphatic carbocycles. The molecule has 4 rings (SSSR count). The maximum Gasteiger partial charge on any atom is 0.389 e. The number of amides is 1. The highest BCUT2D eigenvalue weighted by molar-refractivity contribution is 7.93. The van der Waals surface area contributed by atoms with Crippen LogP contribution in [0.25, 0.3) is 0 Å². The summed E-state index contributed by atoms with van der Waals surface area (Å²) in [6, 6.07) is 3.21. The first-order valence-electron chi connectivity index (χ1n) is 20.9. The zero-order chi connectivity index (χ0) is 49.7. The predicted octanol–water partition coefficient (Wildman–Crippen LogP) is 7.65. The van der Waals surface area contributed by atoms with Crippen LogP contribution in [-0.2, 0) is 59.0 Å². The third-order valence-corrected chi connectivity index (χ3v) is 15.7. The number of anilines is 2. The molecule has 65 heavy (non-hydrogen) atoms. The molecule has 2 unspecified atom stereocenters. The largest absolute Gasteiger partial charge is 0.480 e. The van der Waals surface area contributed by atoms with Gasteiger partial charge in [0.25, 0.3) is 0 Å². The first kappa shape index (κ1) is 57.6. The van der Waals surface area contributed by atoms with Crippen LogP contribution in [0.4, 0.5) is 38.1 Å². The van der Waals surface area contributed by atoms with Gasteiger partial charge >= 0.3 is 18.3 Å². The SMILES string of the molecule is CC(C)(C(=O)O)S(=O)(=O)CCCC(F)(F)F.CC(C)(COC1CCCCO1)c1cc(N)on1.CC(C)(COC1CCCCO1)c1cc(NC(=O)C(C)(C)S(=O)(=O)CCCC(F)(F)F)on1. The van der Waals surface area contributed by atoms with Crippen molar-refractivity contribution >= 4 is 43.3 Å². The van der Waals surface area contributed by atoms with E-state index in [0.717, 1.165) is 72.1 Å². The van der Waals surface area contributed by atoms with E-state index in [1.165, 1.54) is 12.5 Å². The molecule has 2 aromatic rings. The van der Waals surface area contributed by atoms with Gasteiger partial charge in [0.05, 0.1) is 36.1 Å². The Kier molecular flexibility index (Phi) is 20.8. The van der Waals surface area contributed by atoms with E-state index in [4.69, 9.17) is 38.8 Å². The van der Waals surface area contributed by atoms with Gasteiger partial charge in [-0.1, -0.05) is 38.0 Å². The number of alkyl halides is 6. The Balaban J connectivity index is 0.000000370. The van der Waals surface area contributed by atoms with E-state index >= 15 is 0 Å². The molecular weight excluding hydrogens is 923 g/mol. The molecule has 17 nitrogen and oxygen atoms in total. The van der Waals surface area contributed by atoms with Crippen molar-refractivity contribution < 1.29 is 85.9 Å². The molecule has 0 aromatic carbocycles. The second-order valence-electron chi connectivity index (χ2n) is 18.0. The molecule has 4 N–H and O–H groups in total. The molecule has 0 saturated carbocycles. The smallest absolute Gasteiger partial charge is 0.389 e. The molecule has 0 spiro atoms. The van der Waals surface area contributed by atoms with Gasteiger partial charge in [-0.2, -0.15) is 26.3 Å². The fourth-order valence-electron chi connectivity index (χ4n) is 5.67. The van der Waals surface area contributed by atoms with E-state index in [0.29, 0.717) is 24.8 Å². The normalized spacial score (nSPS) is 18.2. The highest BCUT2D eigenvalue weighted by Gasteiger charge is 2.44. The zero-order valence-corrected chi connectivity index (χ0v) is 39.7. The van der Waals surface area contributed by atoms with Crippen molar-refractivity contribution in [2.75, 3.05) is 49.0 Å². The number of nitrogens with one attached hydrogen (secondary N) is 1. The number of nitrogens with two attached hydrogens (primary N) is 1. The van der Waals surface area contributed by atoms with Gasteiger partial charge in [-0.3, -0.25) is 14.9 Å².